The summed E-state index contributed by atoms with van der Waals surface area (Å²) in [4.78, 5) is 0.0352. The van der Waals surface area contributed by atoms with Crippen LogP contribution in [0.4, 0.5) is 0 Å². The Morgan fingerprint density at radius 3 is 2.47 bits per heavy atom. The summed E-state index contributed by atoms with van der Waals surface area (Å²) in [6.07, 6.45) is 3.58. The Balaban J connectivity index is 2.22. The van der Waals surface area contributed by atoms with Crippen molar-refractivity contribution in [1.29, 1.82) is 0 Å². The van der Waals surface area contributed by atoms with Crippen molar-refractivity contribution in [3.05, 3.63) is 28.2 Å². The van der Waals surface area contributed by atoms with Crippen molar-refractivity contribution in [2.45, 2.75) is 42.0 Å². The maximum Gasteiger partial charge on any atom is 0.242 e. The molecule has 1 saturated carbocycles. The molecule has 0 aliphatic heterocycles. The second-order valence-electron chi connectivity index (χ2n) is 4.60. The fourth-order valence-corrected chi connectivity index (χ4v) is 4.68. The number of halogens is 3. The van der Waals surface area contributed by atoms with E-state index in [4.69, 9.17) is 34.8 Å². The zero-order valence-corrected chi connectivity index (χ0v) is 13.2. The van der Waals surface area contributed by atoms with Crippen LogP contribution >= 0.6 is 34.8 Å². The maximum absolute atomic E-state index is 12.3. The predicted octanol–water partition coefficient (Wildman–Crippen LogP) is 3.82. The number of hydrogen-bond donors (Lipinski definition) is 1. The quantitative estimate of drug-likeness (QED) is 0.849. The van der Waals surface area contributed by atoms with E-state index < -0.39 is 10.0 Å². The molecule has 7 heteroatoms. The average molecular weight is 343 g/mol. The third-order valence-electron chi connectivity index (χ3n) is 3.17. The molecule has 1 N–H and O–H groups in total. The Hall–Kier alpha value is -0.000000000000000111. The van der Waals surface area contributed by atoms with Gasteiger partial charge in [-0.15, -0.1) is 11.6 Å². The highest BCUT2D eigenvalue weighted by molar-refractivity contribution is 7.89. The molecule has 0 bridgehead atoms. The SMILES string of the molecule is O=S(=O)(N[C@H]1CCCC[C@H]1Cl)c1ccc(Cl)cc1Cl. The highest BCUT2D eigenvalue weighted by Gasteiger charge is 2.29. The minimum Gasteiger partial charge on any atom is -0.207 e. The number of nitrogens with one attached hydrogen (secondary N) is 1. The molecule has 0 saturated heterocycles. The van der Waals surface area contributed by atoms with Crippen LogP contribution in [-0.4, -0.2) is 19.8 Å². The van der Waals surface area contributed by atoms with Gasteiger partial charge in [-0.3, -0.25) is 0 Å². The molecule has 1 aliphatic rings. The standard InChI is InChI=1S/C12H14Cl3NO2S/c13-8-5-6-12(10(15)7-8)19(17,18)16-11-4-2-1-3-9(11)14/h5-7,9,11,16H,1-4H2/t9-,11+/m1/s1. The molecule has 106 valence electrons. The van der Waals surface area contributed by atoms with Crippen molar-refractivity contribution < 1.29 is 8.42 Å². The highest BCUT2D eigenvalue weighted by Crippen LogP contribution is 2.28. The number of rotatable bonds is 3. The van der Waals surface area contributed by atoms with Gasteiger partial charge in [0.2, 0.25) is 10.0 Å². The van der Waals surface area contributed by atoms with Gasteiger partial charge in [-0.1, -0.05) is 36.0 Å². The van der Waals surface area contributed by atoms with Gasteiger partial charge in [0.25, 0.3) is 0 Å². The summed E-state index contributed by atoms with van der Waals surface area (Å²) in [6.45, 7) is 0. The number of sulfonamides is 1. The molecular formula is C12H14Cl3NO2S. The molecule has 1 fully saturated rings. The van der Waals surface area contributed by atoms with Crippen molar-refractivity contribution in [3.8, 4) is 0 Å². The molecule has 0 aromatic heterocycles. The minimum absolute atomic E-state index is 0.0352. The van der Waals surface area contributed by atoms with Crippen molar-refractivity contribution in [1.82, 2.24) is 4.72 Å². The van der Waals surface area contributed by atoms with Crippen molar-refractivity contribution in [3.63, 3.8) is 0 Å². The van der Waals surface area contributed by atoms with Gasteiger partial charge in [0.1, 0.15) is 4.90 Å². The van der Waals surface area contributed by atoms with E-state index in [1.165, 1.54) is 18.2 Å². The number of benzene rings is 1. The van der Waals surface area contributed by atoms with E-state index in [0.29, 0.717) is 5.02 Å². The van der Waals surface area contributed by atoms with Gasteiger partial charge < -0.3 is 0 Å². The molecule has 2 rings (SSSR count). The lowest BCUT2D eigenvalue weighted by Crippen LogP contribution is -2.42. The molecule has 0 radical (unpaired) electrons. The fourth-order valence-electron chi connectivity index (χ4n) is 2.17. The average Bonchev–Trinajstić information content (AvgIpc) is 2.31. The number of hydrogen-bond acceptors (Lipinski definition) is 2. The zero-order chi connectivity index (χ0) is 14.0. The van der Waals surface area contributed by atoms with Crippen LogP contribution in [0.15, 0.2) is 23.1 Å². The van der Waals surface area contributed by atoms with E-state index in [-0.39, 0.29) is 21.3 Å². The normalized spacial score (nSPS) is 24.4. The predicted molar refractivity (Wildman–Crippen MR) is 78.7 cm³/mol. The van der Waals surface area contributed by atoms with E-state index >= 15 is 0 Å². The van der Waals surface area contributed by atoms with Gasteiger partial charge in [-0.2, -0.15) is 0 Å². The maximum atomic E-state index is 12.3. The Morgan fingerprint density at radius 1 is 1.16 bits per heavy atom. The molecule has 2 atom stereocenters. The van der Waals surface area contributed by atoms with Gasteiger partial charge >= 0.3 is 0 Å². The highest BCUT2D eigenvalue weighted by atomic mass is 35.5. The van der Waals surface area contributed by atoms with Crippen molar-refractivity contribution in [2.24, 2.45) is 0 Å². The summed E-state index contributed by atoms with van der Waals surface area (Å²) in [7, 11) is -3.67. The second-order valence-corrected chi connectivity index (χ2v) is 7.69. The summed E-state index contributed by atoms with van der Waals surface area (Å²) >= 11 is 17.9. The van der Waals surface area contributed by atoms with Crippen LogP contribution in [0.25, 0.3) is 0 Å². The Bertz CT molecular complexity index is 562. The van der Waals surface area contributed by atoms with Crippen LogP contribution in [0.5, 0.6) is 0 Å². The van der Waals surface area contributed by atoms with E-state index in [9.17, 15) is 8.42 Å². The van der Waals surface area contributed by atoms with Crippen LogP contribution in [-0.2, 0) is 10.0 Å². The van der Waals surface area contributed by atoms with Crippen molar-refractivity contribution >= 4 is 44.8 Å². The Labute approximate surface area is 128 Å². The van der Waals surface area contributed by atoms with Gasteiger partial charge in [0.05, 0.1) is 5.02 Å². The smallest absolute Gasteiger partial charge is 0.207 e. The molecule has 19 heavy (non-hydrogen) atoms. The van der Waals surface area contributed by atoms with E-state index in [0.717, 1.165) is 25.7 Å². The van der Waals surface area contributed by atoms with Crippen LogP contribution in [0, 0.1) is 0 Å². The van der Waals surface area contributed by atoms with E-state index in [2.05, 4.69) is 4.72 Å². The third-order valence-corrected chi connectivity index (χ3v) is 5.90. The summed E-state index contributed by atoms with van der Waals surface area (Å²) in [6, 6.07) is 4.07. The third kappa shape index (κ3) is 3.76. The topological polar surface area (TPSA) is 46.2 Å². The molecule has 3 nitrogen and oxygen atoms in total. The first-order chi connectivity index (χ1) is 8.90. The van der Waals surface area contributed by atoms with E-state index in [1.54, 1.807) is 0 Å². The summed E-state index contributed by atoms with van der Waals surface area (Å²) in [5.74, 6) is 0. The minimum atomic E-state index is -3.67. The Morgan fingerprint density at radius 2 is 1.84 bits per heavy atom. The first-order valence-corrected chi connectivity index (χ1v) is 8.69. The molecule has 1 aliphatic carbocycles. The van der Waals surface area contributed by atoms with Crippen LogP contribution in [0.1, 0.15) is 25.7 Å². The fraction of sp³-hybridized carbons (Fsp3) is 0.500. The Kier molecular flexibility index (Phi) is 5.01. The van der Waals surface area contributed by atoms with Crippen LogP contribution < -0.4 is 4.72 Å². The lowest BCUT2D eigenvalue weighted by atomic mass is 9.96. The molecule has 0 spiro atoms. The lowest BCUT2D eigenvalue weighted by molar-refractivity contribution is 0.418. The number of alkyl halides is 1. The lowest BCUT2D eigenvalue weighted by Gasteiger charge is -2.27. The molecule has 0 heterocycles. The van der Waals surface area contributed by atoms with Gasteiger partial charge in [-0.05, 0) is 31.0 Å². The van der Waals surface area contributed by atoms with Crippen LogP contribution in [0.2, 0.25) is 10.0 Å². The van der Waals surface area contributed by atoms with Gasteiger partial charge in [0, 0.05) is 16.4 Å². The summed E-state index contributed by atoms with van der Waals surface area (Å²) in [5.41, 5.74) is 0. The molecular weight excluding hydrogens is 329 g/mol. The van der Waals surface area contributed by atoms with Gasteiger partial charge in [0.15, 0.2) is 0 Å². The largest absolute Gasteiger partial charge is 0.242 e. The molecule has 1 aromatic rings. The molecule has 1 aromatic carbocycles. The molecule has 0 amide bonds. The first-order valence-electron chi connectivity index (χ1n) is 6.01. The monoisotopic (exact) mass is 341 g/mol. The first kappa shape index (κ1) is 15.4. The van der Waals surface area contributed by atoms with Gasteiger partial charge in [-0.25, -0.2) is 13.1 Å². The zero-order valence-electron chi connectivity index (χ0n) is 10.1. The summed E-state index contributed by atoms with van der Waals surface area (Å²) < 4.78 is 27.2. The second kappa shape index (κ2) is 6.19. The molecule has 0 unspecified atom stereocenters. The van der Waals surface area contributed by atoms with Crippen molar-refractivity contribution in [2.75, 3.05) is 0 Å². The van der Waals surface area contributed by atoms with Crippen LogP contribution in [0.3, 0.4) is 0 Å². The van der Waals surface area contributed by atoms with E-state index in [1.807, 2.05) is 0 Å². The summed E-state index contributed by atoms with van der Waals surface area (Å²) in [5, 5.41) is 0.341.